The van der Waals surface area contributed by atoms with E-state index in [0.717, 1.165) is 0 Å². The maximum Gasteiger partial charge on any atom is 0.263 e. The SMILES string of the molecule is CCN(CC(C)C)C(=O)c1cc(S(N)(=O)=O)c(C)s1. The fraction of sp³-hybridized carbons (Fsp3) is 0.583. The lowest BCUT2D eigenvalue weighted by atomic mass is 10.2. The number of primary sulfonamides is 1. The number of carbonyl (C=O) groups is 1. The number of nitrogens with zero attached hydrogens (tertiary/aromatic N) is 1. The Morgan fingerprint density at radius 2 is 2.05 bits per heavy atom. The molecule has 7 heteroatoms. The highest BCUT2D eigenvalue weighted by Gasteiger charge is 2.22. The Morgan fingerprint density at radius 3 is 2.42 bits per heavy atom. The van der Waals surface area contributed by atoms with Crippen LogP contribution in [0.3, 0.4) is 0 Å². The number of rotatable bonds is 5. The molecule has 1 heterocycles. The van der Waals surface area contributed by atoms with Gasteiger partial charge in [-0.2, -0.15) is 0 Å². The van der Waals surface area contributed by atoms with Crippen molar-refractivity contribution in [1.29, 1.82) is 0 Å². The van der Waals surface area contributed by atoms with E-state index in [-0.39, 0.29) is 10.8 Å². The summed E-state index contributed by atoms with van der Waals surface area (Å²) in [6, 6.07) is 1.38. The van der Waals surface area contributed by atoms with Crippen molar-refractivity contribution in [3.8, 4) is 0 Å². The zero-order valence-electron chi connectivity index (χ0n) is 11.6. The highest BCUT2D eigenvalue weighted by molar-refractivity contribution is 7.89. The summed E-state index contributed by atoms with van der Waals surface area (Å²) in [5.74, 6) is 0.224. The van der Waals surface area contributed by atoms with Gasteiger partial charge < -0.3 is 4.90 Å². The van der Waals surface area contributed by atoms with Crippen LogP contribution in [0.15, 0.2) is 11.0 Å². The second kappa shape index (κ2) is 6.02. The first kappa shape index (κ1) is 16.1. The lowest BCUT2D eigenvalue weighted by Gasteiger charge is -2.22. The predicted molar refractivity (Wildman–Crippen MR) is 76.8 cm³/mol. The molecule has 0 aliphatic carbocycles. The molecule has 5 nitrogen and oxygen atoms in total. The van der Waals surface area contributed by atoms with E-state index in [0.29, 0.717) is 28.8 Å². The number of sulfonamides is 1. The van der Waals surface area contributed by atoms with Crippen molar-refractivity contribution >= 4 is 27.3 Å². The van der Waals surface area contributed by atoms with Crippen molar-refractivity contribution in [2.45, 2.75) is 32.6 Å². The number of nitrogens with two attached hydrogens (primary N) is 1. The third-order valence-electron chi connectivity index (χ3n) is 2.64. The van der Waals surface area contributed by atoms with E-state index in [2.05, 4.69) is 0 Å². The van der Waals surface area contributed by atoms with E-state index < -0.39 is 10.0 Å². The van der Waals surface area contributed by atoms with Crippen LogP contribution in [0.2, 0.25) is 0 Å². The van der Waals surface area contributed by atoms with Gasteiger partial charge in [0.15, 0.2) is 0 Å². The van der Waals surface area contributed by atoms with Crippen molar-refractivity contribution in [2.75, 3.05) is 13.1 Å². The van der Waals surface area contributed by atoms with Crippen molar-refractivity contribution < 1.29 is 13.2 Å². The highest BCUT2D eigenvalue weighted by Crippen LogP contribution is 2.26. The second-order valence-corrected chi connectivity index (χ2v) is 7.60. The van der Waals surface area contributed by atoms with E-state index in [4.69, 9.17) is 5.14 Å². The highest BCUT2D eigenvalue weighted by atomic mass is 32.2. The fourth-order valence-corrected chi connectivity index (χ4v) is 3.92. The zero-order valence-corrected chi connectivity index (χ0v) is 13.3. The summed E-state index contributed by atoms with van der Waals surface area (Å²) >= 11 is 1.17. The first-order chi connectivity index (χ1) is 8.66. The topological polar surface area (TPSA) is 80.5 Å². The lowest BCUT2D eigenvalue weighted by molar-refractivity contribution is 0.0750. The molecule has 0 aromatic carbocycles. The van der Waals surface area contributed by atoms with Gasteiger partial charge in [0.05, 0.1) is 9.77 Å². The van der Waals surface area contributed by atoms with Gasteiger partial charge in [-0.1, -0.05) is 13.8 Å². The fourth-order valence-electron chi connectivity index (χ4n) is 1.81. The third kappa shape index (κ3) is 4.02. The van der Waals surface area contributed by atoms with Crippen molar-refractivity contribution in [2.24, 2.45) is 11.1 Å². The monoisotopic (exact) mass is 304 g/mol. The van der Waals surface area contributed by atoms with Crippen LogP contribution in [-0.2, 0) is 10.0 Å². The van der Waals surface area contributed by atoms with Gasteiger partial charge >= 0.3 is 0 Å². The van der Waals surface area contributed by atoms with Crippen LogP contribution in [0.25, 0.3) is 0 Å². The number of aryl methyl sites for hydroxylation is 1. The van der Waals surface area contributed by atoms with Crippen LogP contribution in [0.5, 0.6) is 0 Å². The van der Waals surface area contributed by atoms with Gasteiger partial charge in [-0.25, -0.2) is 13.6 Å². The summed E-state index contributed by atoms with van der Waals surface area (Å²) in [5, 5.41) is 5.11. The molecule has 1 rings (SSSR count). The zero-order chi connectivity index (χ0) is 14.8. The number of amides is 1. The second-order valence-electron chi connectivity index (χ2n) is 4.81. The maximum atomic E-state index is 12.3. The van der Waals surface area contributed by atoms with E-state index in [1.807, 2.05) is 20.8 Å². The minimum absolute atomic E-state index is 0.0430. The molecular formula is C12H20N2O3S2. The molecule has 0 fully saturated rings. The molecule has 0 atom stereocenters. The van der Waals surface area contributed by atoms with Crippen LogP contribution in [0, 0.1) is 12.8 Å². The van der Waals surface area contributed by atoms with Crippen LogP contribution >= 0.6 is 11.3 Å². The predicted octanol–water partition coefficient (Wildman–Crippen LogP) is 1.82. The van der Waals surface area contributed by atoms with Crippen molar-refractivity contribution in [3.63, 3.8) is 0 Å². The number of thiophene rings is 1. The Kier molecular flexibility index (Phi) is 5.11. The molecular weight excluding hydrogens is 284 g/mol. The van der Waals surface area contributed by atoms with Crippen LogP contribution in [-0.4, -0.2) is 32.3 Å². The summed E-state index contributed by atoms with van der Waals surface area (Å²) < 4.78 is 22.7. The van der Waals surface area contributed by atoms with Crippen molar-refractivity contribution in [3.05, 3.63) is 15.8 Å². The molecule has 0 aliphatic rings. The summed E-state index contributed by atoms with van der Waals surface area (Å²) in [4.78, 5) is 15.0. The minimum atomic E-state index is -3.76. The summed E-state index contributed by atoms with van der Waals surface area (Å²) in [6.07, 6.45) is 0. The average Bonchev–Trinajstić information content (AvgIpc) is 2.66. The molecule has 1 amide bonds. The first-order valence-electron chi connectivity index (χ1n) is 6.09. The van der Waals surface area contributed by atoms with Gasteiger partial charge in [-0.3, -0.25) is 4.79 Å². The number of hydrogen-bond donors (Lipinski definition) is 1. The molecule has 0 saturated heterocycles. The number of carbonyl (C=O) groups excluding carboxylic acids is 1. The Morgan fingerprint density at radius 1 is 1.47 bits per heavy atom. The standard InChI is InChI=1S/C12H20N2O3S2/c1-5-14(7-8(2)3)12(15)10-6-11(9(4)18-10)19(13,16)17/h6,8H,5,7H2,1-4H3,(H2,13,16,17). The maximum absolute atomic E-state index is 12.3. The Labute approximate surface area is 118 Å². The largest absolute Gasteiger partial charge is 0.338 e. The Balaban J connectivity index is 3.07. The van der Waals surface area contributed by atoms with E-state index >= 15 is 0 Å². The number of hydrogen-bond acceptors (Lipinski definition) is 4. The molecule has 0 unspecified atom stereocenters. The Hall–Kier alpha value is -0.920. The molecule has 1 aromatic rings. The van der Waals surface area contributed by atoms with Gasteiger partial charge in [0, 0.05) is 18.0 Å². The molecule has 2 N–H and O–H groups in total. The van der Waals surface area contributed by atoms with E-state index in [1.54, 1.807) is 11.8 Å². The van der Waals surface area contributed by atoms with Crippen LogP contribution < -0.4 is 5.14 Å². The normalized spacial score (nSPS) is 11.9. The quantitative estimate of drug-likeness (QED) is 0.901. The van der Waals surface area contributed by atoms with Gasteiger partial charge in [-0.05, 0) is 25.8 Å². The smallest absolute Gasteiger partial charge is 0.263 e. The van der Waals surface area contributed by atoms with Crippen LogP contribution in [0.1, 0.15) is 35.3 Å². The third-order valence-corrected chi connectivity index (χ3v) is 4.85. The van der Waals surface area contributed by atoms with Crippen LogP contribution in [0.4, 0.5) is 0 Å². The minimum Gasteiger partial charge on any atom is -0.338 e. The molecule has 0 spiro atoms. The molecule has 0 bridgehead atoms. The van der Waals surface area contributed by atoms with E-state index in [9.17, 15) is 13.2 Å². The summed E-state index contributed by atoms with van der Waals surface area (Å²) in [7, 11) is -3.76. The van der Waals surface area contributed by atoms with Crippen molar-refractivity contribution in [1.82, 2.24) is 4.90 Å². The first-order valence-corrected chi connectivity index (χ1v) is 8.45. The lowest BCUT2D eigenvalue weighted by Crippen LogP contribution is -2.33. The average molecular weight is 304 g/mol. The molecule has 1 aromatic heterocycles. The van der Waals surface area contributed by atoms with Gasteiger partial charge in [-0.15, -0.1) is 11.3 Å². The molecule has 108 valence electrons. The molecule has 0 aliphatic heterocycles. The van der Waals surface area contributed by atoms with Gasteiger partial charge in [0.25, 0.3) is 5.91 Å². The molecule has 0 saturated carbocycles. The molecule has 0 radical (unpaired) electrons. The van der Waals surface area contributed by atoms with Gasteiger partial charge in [0.2, 0.25) is 10.0 Å². The summed E-state index contributed by atoms with van der Waals surface area (Å²) in [6.45, 7) is 8.87. The molecule has 19 heavy (non-hydrogen) atoms. The Bertz CT molecular complexity index is 562. The van der Waals surface area contributed by atoms with E-state index in [1.165, 1.54) is 17.4 Å². The van der Waals surface area contributed by atoms with Gasteiger partial charge in [0.1, 0.15) is 0 Å². The summed E-state index contributed by atoms with van der Waals surface area (Å²) in [5.41, 5.74) is 0.